The van der Waals surface area contributed by atoms with Crippen LogP contribution < -0.4 is 0 Å². The summed E-state index contributed by atoms with van der Waals surface area (Å²) in [6.45, 7) is 1.83. The highest BCUT2D eigenvalue weighted by atomic mass is 32.2. The van der Waals surface area contributed by atoms with Crippen LogP contribution in [0.2, 0.25) is 0 Å². The number of hydrogen-bond donors (Lipinski definition) is 0. The second kappa shape index (κ2) is 7.84. The van der Waals surface area contributed by atoms with Crippen molar-refractivity contribution in [3.8, 4) is 0 Å². The maximum Gasteiger partial charge on any atom is 0.433 e. The van der Waals surface area contributed by atoms with Gasteiger partial charge in [-0.3, -0.25) is 4.79 Å². The number of carbonyl (C=O) groups excluding carboxylic acids is 1. The van der Waals surface area contributed by atoms with E-state index in [1.165, 1.54) is 17.9 Å². The molecule has 1 fully saturated rings. The van der Waals surface area contributed by atoms with Crippen molar-refractivity contribution >= 4 is 21.4 Å². The minimum atomic E-state index is -4.61. The van der Waals surface area contributed by atoms with Crippen molar-refractivity contribution in [2.45, 2.75) is 30.3 Å². The van der Waals surface area contributed by atoms with E-state index in [-0.39, 0.29) is 35.2 Å². The first kappa shape index (κ1) is 22.2. The monoisotopic (exact) mass is 470 g/mol. The molecule has 0 spiro atoms. The molecule has 3 heterocycles. The maximum atomic E-state index is 13.4. The first-order valence-electron chi connectivity index (χ1n) is 9.65. The summed E-state index contributed by atoms with van der Waals surface area (Å²) >= 11 is 0. The van der Waals surface area contributed by atoms with E-state index in [1.54, 1.807) is 0 Å². The highest BCUT2D eigenvalue weighted by Crippen LogP contribution is 2.32. The lowest BCUT2D eigenvalue weighted by Crippen LogP contribution is -2.34. The number of sulfone groups is 1. The molecule has 3 aromatic rings. The van der Waals surface area contributed by atoms with Gasteiger partial charge in [-0.2, -0.15) is 18.3 Å². The summed E-state index contributed by atoms with van der Waals surface area (Å²) in [6.07, 6.45) is -4.19. The number of benzene rings is 1. The molecule has 0 radical (unpaired) electrons. The molecule has 0 saturated carbocycles. The van der Waals surface area contributed by atoms with Gasteiger partial charge in [0, 0.05) is 30.8 Å². The Morgan fingerprint density at radius 3 is 2.53 bits per heavy atom. The molecule has 32 heavy (non-hydrogen) atoms. The zero-order chi connectivity index (χ0) is 23.3. The Hall–Kier alpha value is -3.02. The number of carbonyl (C=O) groups is 1. The molecule has 0 N–H and O–H groups in total. The van der Waals surface area contributed by atoms with Crippen LogP contribution in [0.25, 0.3) is 5.65 Å². The molecule has 170 valence electrons. The second-order valence-electron chi connectivity index (χ2n) is 7.66. The number of aromatic nitrogens is 3. The zero-order valence-corrected chi connectivity index (χ0v) is 17.6. The van der Waals surface area contributed by atoms with Crippen LogP contribution in [0.4, 0.5) is 17.6 Å². The number of amides is 1. The van der Waals surface area contributed by atoms with Gasteiger partial charge in [-0.1, -0.05) is 0 Å². The molecule has 0 aliphatic carbocycles. The number of fused-ring (bicyclic) bond motifs is 1. The molecule has 1 aliphatic heterocycles. The third-order valence-corrected chi connectivity index (χ3v) is 6.93. The topological polar surface area (TPSA) is 84.6 Å². The molecule has 1 saturated heterocycles. The third-order valence-electron chi connectivity index (χ3n) is 5.31. The van der Waals surface area contributed by atoms with E-state index < -0.39 is 39.2 Å². The molecular weight excluding hydrogens is 452 g/mol. The van der Waals surface area contributed by atoms with E-state index in [4.69, 9.17) is 0 Å². The van der Waals surface area contributed by atoms with Crippen LogP contribution in [0.3, 0.4) is 0 Å². The number of halogens is 4. The molecule has 1 atom stereocenters. The molecule has 2 aromatic heterocycles. The minimum absolute atomic E-state index is 0.0518. The Balaban J connectivity index is 1.51. The summed E-state index contributed by atoms with van der Waals surface area (Å²) in [6, 6.07) is 6.54. The molecular formula is C20H18F4N4O3S. The number of alkyl halides is 3. The summed E-state index contributed by atoms with van der Waals surface area (Å²) in [5.74, 6) is -2.36. The fourth-order valence-corrected chi connectivity index (χ4v) is 4.95. The van der Waals surface area contributed by atoms with Gasteiger partial charge in [0.15, 0.2) is 15.5 Å². The van der Waals surface area contributed by atoms with Crippen LogP contribution in [0.5, 0.6) is 0 Å². The summed E-state index contributed by atoms with van der Waals surface area (Å²) in [5, 5.41) is 4.07. The third kappa shape index (κ3) is 4.31. The van der Waals surface area contributed by atoms with E-state index in [1.807, 2.05) is 0 Å². The van der Waals surface area contributed by atoms with Gasteiger partial charge in [0.05, 0.1) is 10.6 Å². The summed E-state index contributed by atoms with van der Waals surface area (Å²) in [5.41, 5.74) is -0.339. The fourth-order valence-electron chi connectivity index (χ4n) is 3.73. The van der Waals surface area contributed by atoms with Crippen LogP contribution in [-0.4, -0.2) is 52.7 Å². The summed E-state index contributed by atoms with van der Waals surface area (Å²) in [4.78, 5) is 17.8. The largest absolute Gasteiger partial charge is 0.433 e. The molecule has 12 heteroatoms. The molecule has 1 amide bonds. The normalized spacial score (nSPS) is 17.3. The molecule has 1 aromatic carbocycles. The van der Waals surface area contributed by atoms with Crippen molar-refractivity contribution < 1.29 is 30.8 Å². The lowest BCUT2D eigenvalue weighted by molar-refractivity contribution is -0.142. The average Bonchev–Trinajstić information content (AvgIpc) is 3.33. The Kier molecular flexibility index (Phi) is 5.43. The summed E-state index contributed by atoms with van der Waals surface area (Å²) in [7, 11) is -3.96. The average molecular weight is 470 g/mol. The van der Waals surface area contributed by atoms with Gasteiger partial charge in [-0.25, -0.2) is 22.3 Å². The van der Waals surface area contributed by atoms with Crippen molar-refractivity contribution in [2.24, 2.45) is 0 Å². The van der Waals surface area contributed by atoms with Gasteiger partial charge in [0.1, 0.15) is 17.3 Å². The lowest BCUT2D eigenvalue weighted by atomic mass is 10.1. The van der Waals surface area contributed by atoms with Crippen molar-refractivity contribution in [1.29, 1.82) is 0 Å². The van der Waals surface area contributed by atoms with Crippen LogP contribution in [0.15, 0.2) is 41.3 Å². The Morgan fingerprint density at radius 1 is 1.19 bits per heavy atom. The van der Waals surface area contributed by atoms with Crippen molar-refractivity contribution in [1.82, 2.24) is 19.5 Å². The minimum Gasteiger partial charge on any atom is -0.341 e. The van der Waals surface area contributed by atoms with Crippen LogP contribution in [0.1, 0.15) is 29.4 Å². The van der Waals surface area contributed by atoms with Gasteiger partial charge < -0.3 is 4.90 Å². The first-order valence-corrected chi connectivity index (χ1v) is 11.3. The SMILES string of the molecule is Cc1cc(C(F)(F)F)n2nc([C@H]3CCN(C(=O)CS(=O)(=O)c4ccc(F)cc4)C3)cc2n1. The van der Waals surface area contributed by atoms with Crippen molar-refractivity contribution in [3.05, 3.63) is 59.3 Å². The van der Waals surface area contributed by atoms with Crippen molar-refractivity contribution in [2.75, 3.05) is 18.8 Å². The van der Waals surface area contributed by atoms with E-state index in [2.05, 4.69) is 10.1 Å². The van der Waals surface area contributed by atoms with Gasteiger partial charge in [-0.05, 0) is 43.7 Å². The number of aryl methyl sites for hydroxylation is 1. The number of nitrogens with zero attached hydrogens (tertiary/aromatic N) is 4. The molecule has 1 aliphatic rings. The van der Waals surface area contributed by atoms with Gasteiger partial charge in [-0.15, -0.1) is 0 Å². The standard InChI is InChI=1S/C20H18F4N4O3S/c1-12-8-17(20(22,23)24)28-18(25-12)9-16(26-28)13-6-7-27(10-13)19(29)11-32(30,31)15-4-2-14(21)3-5-15/h2-5,8-9,13H,6-7,10-11H2,1H3/t13-/m0/s1. The number of likely N-dealkylation sites (tertiary alicyclic amines) is 1. The quantitative estimate of drug-likeness (QED) is 0.433. The van der Waals surface area contributed by atoms with E-state index in [0.29, 0.717) is 12.1 Å². The van der Waals surface area contributed by atoms with Crippen LogP contribution in [0, 0.1) is 12.7 Å². The lowest BCUT2D eigenvalue weighted by Gasteiger charge is -2.16. The highest BCUT2D eigenvalue weighted by Gasteiger charge is 2.36. The Labute approximate surface area is 180 Å². The smallest absolute Gasteiger partial charge is 0.341 e. The van der Waals surface area contributed by atoms with Gasteiger partial charge >= 0.3 is 6.18 Å². The Bertz CT molecular complexity index is 1290. The molecule has 0 bridgehead atoms. The number of hydrogen-bond acceptors (Lipinski definition) is 5. The van der Waals surface area contributed by atoms with Crippen LogP contribution in [-0.2, 0) is 20.8 Å². The van der Waals surface area contributed by atoms with E-state index in [0.717, 1.165) is 34.8 Å². The fraction of sp³-hybridized carbons (Fsp3) is 0.350. The Morgan fingerprint density at radius 2 is 1.88 bits per heavy atom. The van der Waals surface area contributed by atoms with Gasteiger partial charge in [0.25, 0.3) is 0 Å². The van der Waals surface area contributed by atoms with Crippen molar-refractivity contribution in [3.63, 3.8) is 0 Å². The van der Waals surface area contributed by atoms with E-state index in [9.17, 15) is 30.8 Å². The van der Waals surface area contributed by atoms with Crippen LogP contribution >= 0.6 is 0 Å². The maximum absolute atomic E-state index is 13.4. The predicted octanol–water partition coefficient (Wildman–Crippen LogP) is 2.99. The zero-order valence-electron chi connectivity index (χ0n) is 16.8. The van der Waals surface area contributed by atoms with E-state index >= 15 is 0 Å². The first-order chi connectivity index (χ1) is 14.9. The highest BCUT2D eigenvalue weighted by molar-refractivity contribution is 7.92. The molecule has 4 rings (SSSR count). The predicted molar refractivity (Wildman–Crippen MR) is 105 cm³/mol. The number of rotatable bonds is 4. The molecule has 0 unspecified atom stereocenters. The molecule has 7 nitrogen and oxygen atoms in total. The second-order valence-corrected chi connectivity index (χ2v) is 9.65. The van der Waals surface area contributed by atoms with Gasteiger partial charge in [0.2, 0.25) is 5.91 Å². The summed E-state index contributed by atoms with van der Waals surface area (Å²) < 4.78 is 78.7.